The van der Waals surface area contributed by atoms with Crippen molar-refractivity contribution in [3.63, 3.8) is 0 Å². The number of benzene rings is 1. The number of fused-ring (bicyclic) bond motifs is 1. The molecule has 160 valence electrons. The van der Waals surface area contributed by atoms with Crippen LogP contribution in [0.4, 0.5) is 11.8 Å². The number of phenolic OH excluding ortho intramolecular Hbond substituents is 1. The number of nitrogen functional groups attached to an aromatic ring is 1. The molecule has 3 heterocycles. The number of imidazole rings is 1. The van der Waals surface area contributed by atoms with Crippen LogP contribution in [0.5, 0.6) is 11.5 Å². The number of anilines is 2. The minimum Gasteiger partial charge on any atom is -0.508 e. The maximum atomic E-state index is 9.41. The van der Waals surface area contributed by atoms with Crippen molar-refractivity contribution in [3.8, 4) is 11.5 Å². The topological polar surface area (TPSA) is 124 Å². The molecule has 4 aromatic rings. The molecule has 31 heavy (non-hydrogen) atoms. The fourth-order valence-corrected chi connectivity index (χ4v) is 3.58. The molecule has 9 heteroatoms. The van der Waals surface area contributed by atoms with Crippen LogP contribution in [0.25, 0.3) is 11.2 Å². The second kappa shape index (κ2) is 8.47. The van der Waals surface area contributed by atoms with Gasteiger partial charge >= 0.3 is 0 Å². The highest BCUT2D eigenvalue weighted by atomic mass is 16.5. The van der Waals surface area contributed by atoms with E-state index in [0.29, 0.717) is 30.1 Å². The number of hydrogen-bond acceptors (Lipinski definition) is 8. The third kappa shape index (κ3) is 4.20. The summed E-state index contributed by atoms with van der Waals surface area (Å²) in [7, 11) is 1.66. The lowest BCUT2D eigenvalue weighted by Crippen LogP contribution is -2.10. The molecule has 9 nitrogen and oxygen atoms in total. The molecule has 0 spiro atoms. The van der Waals surface area contributed by atoms with Gasteiger partial charge in [0.1, 0.15) is 11.5 Å². The molecule has 3 aromatic heterocycles. The van der Waals surface area contributed by atoms with Crippen LogP contribution in [-0.2, 0) is 13.0 Å². The zero-order chi connectivity index (χ0) is 22.0. The van der Waals surface area contributed by atoms with Crippen molar-refractivity contribution < 1.29 is 9.84 Å². The molecule has 0 aliphatic heterocycles. The Morgan fingerprint density at radius 1 is 1.13 bits per heavy atom. The summed E-state index contributed by atoms with van der Waals surface area (Å²) in [6.07, 6.45) is 4.29. The summed E-state index contributed by atoms with van der Waals surface area (Å²) in [6.45, 7) is 5.09. The van der Waals surface area contributed by atoms with E-state index in [9.17, 15) is 5.11 Å². The molecular weight excluding hydrogens is 394 g/mol. The van der Waals surface area contributed by atoms with E-state index in [1.807, 2.05) is 30.5 Å². The van der Waals surface area contributed by atoms with Gasteiger partial charge in [0.05, 0.1) is 25.7 Å². The van der Waals surface area contributed by atoms with Crippen molar-refractivity contribution in [2.45, 2.75) is 26.8 Å². The van der Waals surface area contributed by atoms with E-state index in [1.165, 1.54) is 0 Å². The quantitative estimate of drug-likeness (QED) is 0.418. The molecule has 0 bridgehead atoms. The van der Waals surface area contributed by atoms with E-state index >= 15 is 0 Å². The lowest BCUT2D eigenvalue weighted by atomic mass is 10.1. The third-order valence-electron chi connectivity index (χ3n) is 5.19. The number of nitrogens with two attached hydrogens (primary N) is 1. The second-order valence-corrected chi connectivity index (χ2v) is 7.36. The molecular formula is C22H25N7O2. The highest BCUT2D eigenvalue weighted by Gasteiger charge is 2.15. The van der Waals surface area contributed by atoms with Gasteiger partial charge in [0, 0.05) is 23.9 Å². The highest BCUT2D eigenvalue weighted by Crippen LogP contribution is 2.26. The molecule has 0 atom stereocenters. The Bertz CT molecular complexity index is 1220. The van der Waals surface area contributed by atoms with Crippen molar-refractivity contribution in [2.75, 3.05) is 24.7 Å². The van der Waals surface area contributed by atoms with Gasteiger partial charge in [-0.3, -0.25) is 4.98 Å². The maximum Gasteiger partial charge on any atom is 0.224 e. The summed E-state index contributed by atoms with van der Waals surface area (Å²) in [5.74, 6) is 1.85. The lowest BCUT2D eigenvalue weighted by molar-refractivity contribution is 0.406. The van der Waals surface area contributed by atoms with Crippen LogP contribution >= 0.6 is 0 Å². The van der Waals surface area contributed by atoms with Gasteiger partial charge in [0.15, 0.2) is 17.0 Å². The van der Waals surface area contributed by atoms with E-state index in [4.69, 9.17) is 10.5 Å². The number of nitrogens with zero attached hydrogens (tertiary/aromatic N) is 5. The van der Waals surface area contributed by atoms with Crippen molar-refractivity contribution in [3.05, 3.63) is 59.2 Å². The van der Waals surface area contributed by atoms with Crippen LogP contribution < -0.4 is 15.8 Å². The average Bonchev–Trinajstić information content (AvgIpc) is 3.14. The Morgan fingerprint density at radius 2 is 1.90 bits per heavy atom. The Labute approximate surface area is 180 Å². The molecule has 1 aromatic carbocycles. The molecule has 0 aliphatic carbocycles. The first-order valence-corrected chi connectivity index (χ1v) is 9.95. The Hall–Kier alpha value is -3.88. The Balaban J connectivity index is 1.57. The molecule has 4 N–H and O–H groups in total. The van der Waals surface area contributed by atoms with Gasteiger partial charge < -0.3 is 25.5 Å². The zero-order valence-corrected chi connectivity index (χ0v) is 17.8. The fraction of sp³-hybridized carbons (Fsp3) is 0.273. The second-order valence-electron chi connectivity index (χ2n) is 7.36. The van der Waals surface area contributed by atoms with E-state index in [0.717, 1.165) is 34.6 Å². The molecule has 0 unspecified atom stereocenters. The summed E-state index contributed by atoms with van der Waals surface area (Å²) < 4.78 is 7.42. The van der Waals surface area contributed by atoms with Gasteiger partial charge in [-0.25, -0.2) is 4.98 Å². The van der Waals surface area contributed by atoms with Gasteiger partial charge in [-0.1, -0.05) is 12.1 Å². The number of aromatic nitrogens is 5. The first-order chi connectivity index (χ1) is 15.0. The van der Waals surface area contributed by atoms with Gasteiger partial charge in [0.2, 0.25) is 5.95 Å². The van der Waals surface area contributed by atoms with Crippen molar-refractivity contribution in [2.24, 2.45) is 0 Å². The number of rotatable bonds is 7. The molecule has 0 aliphatic rings. The number of aryl methyl sites for hydroxylation is 1. The number of nitrogens with one attached hydrogen (secondary N) is 1. The molecule has 0 fully saturated rings. The zero-order valence-electron chi connectivity index (χ0n) is 17.8. The van der Waals surface area contributed by atoms with Crippen LogP contribution in [0, 0.1) is 13.8 Å². The van der Waals surface area contributed by atoms with Gasteiger partial charge in [0.25, 0.3) is 0 Å². The van der Waals surface area contributed by atoms with Crippen LogP contribution in [0.1, 0.15) is 22.4 Å². The van der Waals surface area contributed by atoms with Gasteiger partial charge in [-0.05, 0) is 38.0 Å². The Morgan fingerprint density at radius 3 is 2.65 bits per heavy atom. The summed E-state index contributed by atoms with van der Waals surface area (Å²) in [4.78, 5) is 17.8. The number of ether oxygens (including phenoxy) is 1. The van der Waals surface area contributed by atoms with E-state index < -0.39 is 0 Å². The van der Waals surface area contributed by atoms with Crippen LogP contribution in [-0.4, -0.2) is 43.3 Å². The predicted octanol–water partition coefficient (Wildman–Crippen LogP) is 2.84. The minimum absolute atomic E-state index is 0.174. The summed E-state index contributed by atoms with van der Waals surface area (Å²) in [5.41, 5.74) is 11.2. The third-order valence-corrected chi connectivity index (χ3v) is 5.19. The standard InChI is InChI=1S/C22H25N7O2/c1-13-10-25-17(14(2)19(13)31-3)11-29-12-26-18-20(27-22(23)28-21(18)29)24-9-8-15-4-6-16(30)7-5-15/h4-7,10,12,30H,8-9,11H2,1-3H3,(H3,23,24,27,28). The fourth-order valence-electron chi connectivity index (χ4n) is 3.58. The maximum absolute atomic E-state index is 9.41. The molecule has 0 amide bonds. The summed E-state index contributed by atoms with van der Waals surface area (Å²) in [5, 5.41) is 12.7. The van der Waals surface area contributed by atoms with Crippen molar-refractivity contribution in [1.82, 2.24) is 24.5 Å². The normalized spacial score (nSPS) is 11.1. The number of hydrogen-bond donors (Lipinski definition) is 3. The number of pyridine rings is 1. The van der Waals surface area contributed by atoms with E-state index in [2.05, 4.69) is 25.3 Å². The minimum atomic E-state index is 0.174. The summed E-state index contributed by atoms with van der Waals surface area (Å²) >= 11 is 0. The van der Waals surface area contributed by atoms with Crippen LogP contribution in [0.2, 0.25) is 0 Å². The smallest absolute Gasteiger partial charge is 0.224 e. The van der Waals surface area contributed by atoms with Crippen molar-refractivity contribution in [1.29, 1.82) is 0 Å². The first-order valence-electron chi connectivity index (χ1n) is 9.95. The van der Waals surface area contributed by atoms with Crippen molar-refractivity contribution >= 4 is 22.9 Å². The first kappa shape index (κ1) is 20.4. The average molecular weight is 419 g/mol. The molecule has 0 saturated carbocycles. The molecule has 0 radical (unpaired) electrons. The highest BCUT2D eigenvalue weighted by molar-refractivity contribution is 5.84. The van der Waals surface area contributed by atoms with Gasteiger partial charge in [-0.2, -0.15) is 9.97 Å². The predicted molar refractivity (Wildman–Crippen MR) is 119 cm³/mol. The monoisotopic (exact) mass is 419 g/mol. The lowest BCUT2D eigenvalue weighted by Gasteiger charge is -2.13. The van der Waals surface area contributed by atoms with Gasteiger partial charge in [-0.15, -0.1) is 0 Å². The number of phenols is 1. The van der Waals surface area contributed by atoms with E-state index in [-0.39, 0.29) is 11.7 Å². The Kier molecular flexibility index (Phi) is 5.57. The SMILES string of the molecule is COc1c(C)cnc(Cn2cnc3c(NCCc4ccc(O)cc4)nc(N)nc32)c1C. The molecule has 4 rings (SSSR count). The largest absolute Gasteiger partial charge is 0.508 e. The van der Waals surface area contributed by atoms with Crippen LogP contribution in [0.15, 0.2) is 36.8 Å². The number of methoxy groups -OCH3 is 1. The summed E-state index contributed by atoms with van der Waals surface area (Å²) in [6, 6.07) is 7.13. The molecule has 0 saturated heterocycles. The van der Waals surface area contributed by atoms with Crippen LogP contribution in [0.3, 0.4) is 0 Å². The number of aromatic hydroxyl groups is 1. The van der Waals surface area contributed by atoms with E-state index in [1.54, 1.807) is 31.8 Å².